The molecule has 0 aliphatic carbocycles. The van der Waals surface area contributed by atoms with Gasteiger partial charge in [-0.3, -0.25) is 4.79 Å². The summed E-state index contributed by atoms with van der Waals surface area (Å²) in [6, 6.07) is -0.325. The third kappa shape index (κ3) is 5.99. The Balaban J connectivity index is 5.00. The minimum absolute atomic E-state index is 0.292. The molecule has 0 aliphatic heterocycles. The van der Waals surface area contributed by atoms with E-state index in [2.05, 4.69) is 9.46 Å². The van der Waals surface area contributed by atoms with E-state index in [1.54, 1.807) is 34.6 Å². The highest BCUT2D eigenvalue weighted by Gasteiger charge is 2.30. The zero-order valence-electron chi connectivity index (χ0n) is 11.3. The summed E-state index contributed by atoms with van der Waals surface area (Å²) in [4.78, 5) is 11.2. The molecule has 0 saturated heterocycles. The zero-order chi connectivity index (χ0) is 13.9. The molecule has 0 saturated carbocycles. The van der Waals surface area contributed by atoms with Gasteiger partial charge in [-0.1, -0.05) is 0 Å². The van der Waals surface area contributed by atoms with Crippen molar-refractivity contribution in [2.75, 3.05) is 13.7 Å². The number of rotatable bonds is 5. The fourth-order valence-corrected chi connectivity index (χ4v) is 2.90. The van der Waals surface area contributed by atoms with Gasteiger partial charge in [-0.15, -0.1) is 0 Å². The molecule has 6 nitrogen and oxygen atoms in total. The van der Waals surface area contributed by atoms with Gasteiger partial charge in [0.05, 0.1) is 7.11 Å². The fraction of sp³-hybridized carbons (Fsp3) is 0.900. The van der Waals surface area contributed by atoms with Crippen molar-refractivity contribution in [1.29, 1.82) is 0 Å². The summed E-state index contributed by atoms with van der Waals surface area (Å²) >= 11 is 0. The van der Waals surface area contributed by atoms with E-state index in [-0.39, 0.29) is 12.6 Å². The molecule has 0 unspecified atom stereocenters. The van der Waals surface area contributed by atoms with Crippen LogP contribution in [0.15, 0.2) is 0 Å². The Bertz CT molecular complexity index is 357. The Morgan fingerprint density at radius 1 is 1.35 bits per heavy atom. The summed E-state index contributed by atoms with van der Waals surface area (Å²) in [7, 11) is -2.48. The predicted octanol–water partition coefficient (Wildman–Crippen LogP) is 0.503. The molecule has 0 aromatic heterocycles. The Morgan fingerprint density at radius 3 is 2.12 bits per heavy atom. The van der Waals surface area contributed by atoms with Crippen molar-refractivity contribution in [3.05, 3.63) is 0 Å². The molecule has 7 heteroatoms. The van der Waals surface area contributed by atoms with Crippen molar-refractivity contribution in [3.63, 3.8) is 0 Å². The van der Waals surface area contributed by atoms with Gasteiger partial charge in [0, 0.05) is 11.6 Å². The monoisotopic (exact) mass is 266 g/mol. The molecule has 0 radical (unpaired) electrons. The number of hydrogen-bond acceptors (Lipinski definition) is 4. The number of hydrogen-bond donors (Lipinski definition) is 1. The molecule has 0 aliphatic rings. The average molecular weight is 266 g/mol. The van der Waals surface area contributed by atoms with E-state index in [0.29, 0.717) is 0 Å². The van der Waals surface area contributed by atoms with Crippen molar-refractivity contribution >= 4 is 16.2 Å². The Kier molecular flexibility index (Phi) is 5.57. The number of esters is 1. The Labute approximate surface area is 104 Å². The SMILES string of the molecule is COC(=O)CN(C(C)C)S(=O)(=O)NC(C)(C)C. The molecule has 0 rings (SSSR count). The van der Waals surface area contributed by atoms with Crippen molar-refractivity contribution < 1.29 is 17.9 Å². The van der Waals surface area contributed by atoms with Crippen molar-refractivity contribution in [2.45, 2.75) is 46.2 Å². The average Bonchev–Trinajstić information content (AvgIpc) is 2.08. The Morgan fingerprint density at radius 2 is 1.82 bits per heavy atom. The highest BCUT2D eigenvalue weighted by molar-refractivity contribution is 7.87. The second-order valence-corrected chi connectivity index (χ2v) is 6.70. The first-order valence-electron chi connectivity index (χ1n) is 5.37. The van der Waals surface area contributed by atoms with Gasteiger partial charge < -0.3 is 4.74 Å². The molecule has 1 N–H and O–H groups in total. The second kappa shape index (κ2) is 5.79. The maximum atomic E-state index is 12.0. The van der Waals surface area contributed by atoms with Crippen LogP contribution in [0, 0.1) is 0 Å². The molecule has 0 bridgehead atoms. The van der Waals surface area contributed by atoms with E-state index < -0.39 is 21.7 Å². The van der Waals surface area contributed by atoms with E-state index in [0.717, 1.165) is 4.31 Å². The summed E-state index contributed by atoms with van der Waals surface area (Å²) in [5, 5.41) is 0. The third-order valence-corrected chi connectivity index (χ3v) is 3.87. The summed E-state index contributed by atoms with van der Waals surface area (Å²) in [6.45, 7) is 8.32. The lowest BCUT2D eigenvalue weighted by Crippen LogP contribution is -2.52. The molecule has 0 spiro atoms. The summed E-state index contributed by atoms with van der Waals surface area (Å²) < 4.78 is 32.1. The second-order valence-electron chi connectivity index (χ2n) is 5.07. The molecule has 0 aromatic rings. The van der Waals surface area contributed by atoms with Gasteiger partial charge in [0.1, 0.15) is 6.54 Å². The number of nitrogens with one attached hydrogen (secondary N) is 1. The third-order valence-electron chi connectivity index (χ3n) is 1.83. The van der Waals surface area contributed by atoms with Crippen LogP contribution in [0.1, 0.15) is 34.6 Å². The molecule has 0 amide bonds. The first-order valence-corrected chi connectivity index (χ1v) is 6.81. The fourth-order valence-electron chi connectivity index (χ4n) is 1.18. The van der Waals surface area contributed by atoms with Gasteiger partial charge in [-0.25, -0.2) is 0 Å². The van der Waals surface area contributed by atoms with Crippen LogP contribution in [0.4, 0.5) is 0 Å². The quantitative estimate of drug-likeness (QED) is 0.735. The van der Waals surface area contributed by atoms with Gasteiger partial charge in [0.15, 0.2) is 0 Å². The summed E-state index contributed by atoms with van der Waals surface area (Å²) in [6.07, 6.45) is 0. The zero-order valence-corrected chi connectivity index (χ0v) is 12.1. The lowest BCUT2D eigenvalue weighted by Gasteiger charge is -2.29. The molecule has 17 heavy (non-hydrogen) atoms. The molecule has 0 heterocycles. The molecule has 0 atom stereocenters. The number of carbonyl (C=O) groups is 1. The maximum absolute atomic E-state index is 12.0. The van der Waals surface area contributed by atoms with Gasteiger partial charge in [0.25, 0.3) is 10.2 Å². The van der Waals surface area contributed by atoms with Crippen LogP contribution >= 0.6 is 0 Å². The number of nitrogens with zero attached hydrogens (tertiary/aromatic N) is 1. The van der Waals surface area contributed by atoms with Gasteiger partial charge >= 0.3 is 5.97 Å². The molecule has 0 aromatic carbocycles. The topological polar surface area (TPSA) is 75.7 Å². The lowest BCUT2D eigenvalue weighted by molar-refractivity contribution is -0.141. The first kappa shape index (κ1) is 16.3. The van der Waals surface area contributed by atoms with Crippen LogP contribution < -0.4 is 4.72 Å². The van der Waals surface area contributed by atoms with Crippen molar-refractivity contribution in [2.24, 2.45) is 0 Å². The summed E-state index contributed by atoms with van der Waals surface area (Å²) in [5.41, 5.74) is -0.595. The van der Waals surface area contributed by atoms with E-state index in [9.17, 15) is 13.2 Å². The lowest BCUT2D eigenvalue weighted by atomic mass is 10.1. The maximum Gasteiger partial charge on any atom is 0.321 e. The summed E-state index contributed by atoms with van der Waals surface area (Å²) in [5.74, 6) is -0.585. The van der Waals surface area contributed by atoms with E-state index in [1.807, 2.05) is 0 Å². The molecule has 102 valence electrons. The van der Waals surface area contributed by atoms with Crippen LogP contribution in [0.2, 0.25) is 0 Å². The van der Waals surface area contributed by atoms with Gasteiger partial charge in [0.2, 0.25) is 0 Å². The minimum atomic E-state index is -3.70. The van der Waals surface area contributed by atoms with E-state index in [4.69, 9.17) is 0 Å². The number of methoxy groups -OCH3 is 1. The normalized spacial score (nSPS) is 13.2. The van der Waals surface area contributed by atoms with Gasteiger partial charge in [-0.05, 0) is 34.6 Å². The van der Waals surface area contributed by atoms with Crippen LogP contribution in [0.5, 0.6) is 0 Å². The van der Waals surface area contributed by atoms with E-state index in [1.165, 1.54) is 7.11 Å². The van der Waals surface area contributed by atoms with Crippen molar-refractivity contribution in [1.82, 2.24) is 9.03 Å². The number of carbonyl (C=O) groups excluding carboxylic acids is 1. The Hall–Kier alpha value is -0.660. The predicted molar refractivity (Wildman–Crippen MR) is 65.7 cm³/mol. The first-order chi connectivity index (χ1) is 7.49. The molecular weight excluding hydrogens is 244 g/mol. The van der Waals surface area contributed by atoms with Crippen LogP contribution in [0.3, 0.4) is 0 Å². The van der Waals surface area contributed by atoms with Crippen molar-refractivity contribution in [3.8, 4) is 0 Å². The smallest absolute Gasteiger partial charge is 0.321 e. The van der Waals surface area contributed by atoms with Crippen LogP contribution in [0.25, 0.3) is 0 Å². The largest absolute Gasteiger partial charge is 0.468 e. The standard InChI is InChI=1S/C10H22N2O4S/c1-8(2)12(7-9(13)16-6)17(14,15)11-10(3,4)5/h8,11H,7H2,1-6H3. The molecular formula is C10H22N2O4S. The number of ether oxygens (including phenoxy) is 1. The van der Waals surface area contributed by atoms with Crippen LogP contribution in [-0.4, -0.2) is 43.9 Å². The van der Waals surface area contributed by atoms with Gasteiger partial charge in [-0.2, -0.15) is 17.4 Å². The highest BCUT2D eigenvalue weighted by atomic mass is 32.2. The van der Waals surface area contributed by atoms with Crippen LogP contribution in [-0.2, 0) is 19.7 Å². The minimum Gasteiger partial charge on any atom is -0.468 e. The van der Waals surface area contributed by atoms with E-state index >= 15 is 0 Å². The highest BCUT2D eigenvalue weighted by Crippen LogP contribution is 2.10. The molecule has 0 fully saturated rings.